The second kappa shape index (κ2) is 7.36. The molecule has 1 aromatic carbocycles. The summed E-state index contributed by atoms with van der Waals surface area (Å²) < 4.78 is 5.71. The Balaban J connectivity index is 1.31. The number of ether oxygens (including phenoxy) is 1. The maximum Gasteiger partial charge on any atom is 0.0900 e. The molecule has 24 heavy (non-hydrogen) atoms. The van der Waals surface area contributed by atoms with E-state index in [4.69, 9.17) is 4.74 Å². The molecule has 0 bridgehead atoms. The van der Waals surface area contributed by atoms with Gasteiger partial charge in [-0.15, -0.1) is 11.3 Å². The third-order valence-corrected chi connectivity index (χ3v) is 6.05. The highest BCUT2D eigenvalue weighted by atomic mass is 32.1. The number of benzene rings is 1. The van der Waals surface area contributed by atoms with Crippen molar-refractivity contribution in [3.8, 4) is 0 Å². The van der Waals surface area contributed by atoms with Crippen LogP contribution in [0.5, 0.6) is 0 Å². The van der Waals surface area contributed by atoms with E-state index in [1.807, 2.05) is 29.5 Å². The van der Waals surface area contributed by atoms with Crippen molar-refractivity contribution in [3.05, 3.63) is 57.8 Å². The molecule has 4 rings (SSSR count). The van der Waals surface area contributed by atoms with Crippen LogP contribution in [0.3, 0.4) is 0 Å². The van der Waals surface area contributed by atoms with Crippen LogP contribution >= 0.6 is 11.3 Å². The average Bonchev–Trinajstić information content (AvgIpc) is 3.32. The molecule has 0 unspecified atom stereocenters. The molecule has 3 nitrogen and oxygen atoms in total. The molecule has 1 fully saturated rings. The SMILES string of the molecule is O[C@H](COCc1ccccc1)CN1CCc2sccc2[C@H]1C1CC1. The largest absolute Gasteiger partial charge is 0.389 e. The third kappa shape index (κ3) is 3.72. The van der Waals surface area contributed by atoms with Crippen molar-refractivity contribution in [2.45, 2.75) is 38.0 Å². The molecule has 4 heteroatoms. The summed E-state index contributed by atoms with van der Waals surface area (Å²) in [6.07, 6.45) is 3.36. The number of rotatable bonds is 7. The predicted octanol–water partition coefficient (Wildman–Crippen LogP) is 3.64. The first-order valence-electron chi connectivity index (χ1n) is 8.91. The first kappa shape index (κ1) is 16.3. The lowest BCUT2D eigenvalue weighted by atomic mass is 9.95. The number of β-amino-alcohol motifs (C(OH)–C–C–N with tert-alkyl or cyclic N) is 1. The normalized spacial score (nSPS) is 22.3. The van der Waals surface area contributed by atoms with E-state index in [9.17, 15) is 5.11 Å². The minimum atomic E-state index is -0.421. The van der Waals surface area contributed by atoms with E-state index in [1.54, 1.807) is 4.88 Å². The summed E-state index contributed by atoms with van der Waals surface area (Å²) in [4.78, 5) is 4.04. The molecule has 0 spiro atoms. The monoisotopic (exact) mass is 343 g/mol. The number of hydrogen-bond donors (Lipinski definition) is 1. The van der Waals surface area contributed by atoms with Crippen LogP contribution in [0.2, 0.25) is 0 Å². The van der Waals surface area contributed by atoms with Crippen LogP contribution in [0.25, 0.3) is 0 Å². The predicted molar refractivity (Wildman–Crippen MR) is 97.2 cm³/mol. The van der Waals surface area contributed by atoms with E-state index < -0.39 is 6.10 Å². The fraction of sp³-hybridized carbons (Fsp3) is 0.500. The van der Waals surface area contributed by atoms with Gasteiger partial charge in [0.15, 0.2) is 0 Å². The summed E-state index contributed by atoms with van der Waals surface area (Å²) in [5.74, 6) is 0.788. The van der Waals surface area contributed by atoms with Gasteiger partial charge in [0.05, 0.1) is 19.3 Å². The molecule has 2 aromatic rings. The van der Waals surface area contributed by atoms with Crippen LogP contribution in [0.15, 0.2) is 41.8 Å². The molecule has 1 aliphatic carbocycles. The second-order valence-electron chi connectivity index (χ2n) is 6.98. The summed E-state index contributed by atoms with van der Waals surface area (Å²) in [7, 11) is 0. The van der Waals surface area contributed by atoms with Gasteiger partial charge < -0.3 is 9.84 Å². The zero-order chi connectivity index (χ0) is 16.4. The van der Waals surface area contributed by atoms with Crippen LogP contribution in [0.4, 0.5) is 0 Å². The Kier molecular flexibility index (Phi) is 4.99. The molecule has 2 atom stereocenters. The van der Waals surface area contributed by atoms with Crippen LogP contribution in [0.1, 0.15) is 34.9 Å². The summed E-state index contributed by atoms with van der Waals surface area (Å²) in [5, 5.41) is 12.7. The number of nitrogens with zero attached hydrogens (tertiary/aromatic N) is 1. The Morgan fingerprint density at radius 3 is 2.83 bits per heavy atom. The molecule has 1 saturated carbocycles. The molecule has 128 valence electrons. The Bertz CT molecular complexity index is 653. The van der Waals surface area contributed by atoms with Gasteiger partial charge in [-0.05, 0) is 47.8 Å². The molecule has 1 aliphatic heterocycles. The van der Waals surface area contributed by atoms with Gasteiger partial charge >= 0.3 is 0 Å². The molecule has 0 saturated heterocycles. The van der Waals surface area contributed by atoms with Crippen molar-refractivity contribution < 1.29 is 9.84 Å². The highest BCUT2D eigenvalue weighted by Crippen LogP contribution is 2.48. The quantitative estimate of drug-likeness (QED) is 0.833. The minimum Gasteiger partial charge on any atom is -0.389 e. The highest BCUT2D eigenvalue weighted by molar-refractivity contribution is 7.10. The van der Waals surface area contributed by atoms with E-state index in [2.05, 4.69) is 28.5 Å². The Morgan fingerprint density at radius 2 is 2.04 bits per heavy atom. The zero-order valence-corrected chi connectivity index (χ0v) is 14.8. The molecular weight excluding hydrogens is 318 g/mol. The molecule has 1 N–H and O–H groups in total. The highest BCUT2D eigenvalue weighted by Gasteiger charge is 2.40. The molecular formula is C20H25NO2S. The van der Waals surface area contributed by atoms with E-state index in [0.29, 0.717) is 25.8 Å². The second-order valence-corrected chi connectivity index (χ2v) is 7.98. The minimum absolute atomic E-state index is 0.402. The summed E-state index contributed by atoms with van der Waals surface area (Å²) >= 11 is 1.89. The number of hydrogen-bond acceptors (Lipinski definition) is 4. The maximum atomic E-state index is 10.4. The van der Waals surface area contributed by atoms with Crippen LogP contribution in [0, 0.1) is 5.92 Å². The van der Waals surface area contributed by atoms with Crippen molar-refractivity contribution in [3.63, 3.8) is 0 Å². The number of aliphatic hydroxyl groups excluding tert-OH is 1. The third-order valence-electron chi connectivity index (χ3n) is 5.05. The first-order chi connectivity index (χ1) is 11.8. The Labute approximate surface area is 147 Å². The summed E-state index contributed by atoms with van der Waals surface area (Å²) in [5.41, 5.74) is 2.67. The van der Waals surface area contributed by atoms with E-state index >= 15 is 0 Å². The summed E-state index contributed by atoms with van der Waals surface area (Å²) in [6, 6.07) is 13.0. The van der Waals surface area contributed by atoms with Crippen molar-refractivity contribution in [2.75, 3.05) is 19.7 Å². The molecule has 0 radical (unpaired) electrons. The maximum absolute atomic E-state index is 10.4. The molecule has 0 amide bonds. The lowest BCUT2D eigenvalue weighted by Gasteiger charge is -2.37. The fourth-order valence-electron chi connectivity index (χ4n) is 3.78. The standard InChI is InChI=1S/C20H25NO2S/c22-17(14-23-13-15-4-2-1-3-5-15)12-21-10-8-19-18(9-11-24-19)20(21)16-6-7-16/h1-5,9,11,16-17,20,22H,6-8,10,12-14H2/t17-,20+/m0/s1. The van der Waals surface area contributed by atoms with Gasteiger partial charge in [-0.25, -0.2) is 0 Å². The van der Waals surface area contributed by atoms with Crippen molar-refractivity contribution >= 4 is 11.3 Å². The topological polar surface area (TPSA) is 32.7 Å². The molecule has 2 aliphatic rings. The lowest BCUT2D eigenvalue weighted by molar-refractivity contribution is -0.00154. The van der Waals surface area contributed by atoms with E-state index in [0.717, 1.165) is 24.4 Å². The Hall–Kier alpha value is -1.20. The zero-order valence-electron chi connectivity index (χ0n) is 13.9. The van der Waals surface area contributed by atoms with Gasteiger partial charge in [-0.2, -0.15) is 0 Å². The van der Waals surface area contributed by atoms with Gasteiger partial charge in [0, 0.05) is 24.0 Å². The van der Waals surface area contributed by atoms with Gasteiger partial charge in [0.25, 0.3) is 0 Å². The number of thiophene rings is 1. The number of fused-ring (bicyclic) bond motifs is 1. The van der Waals surface area contributed by atoms with Gasteiger partial charge in [-0.3, -0.25) is 4.90 Å². The fourth-order valence-corrected chi connectivity index (χ4v) is 4.69. The number of aliphatic hydroxyl groups is 1. The smallest absolute Gasteiger partial charge is 0.0900 e. The van der Waals surface area contributed by atoms with Crippen LogP contribution in [-0.4, -0.2) is 35.8 Å². The van der Waals surface area contributed by atoms with Crippen LogP contribution < -0.4 is 0 Å². The average molecular weight is 343 g/mol. The Morgan fingerprint density at radius 1 is 1.21 bits per heavy atom. The molecule has 1 aromatic heterocycles. The van der Waals surface area contributed by atoms with Crippen molar-refractivity contribution in [1.29, 1.82) is 0 Å². The van der Waals surface area contributed by atoms with Gasteiger partial charge in [-0.1, -0.05) is 30.3 Å². The van der Waals surface area contributed by atoms with Gasteiger partial charge in [0.1, 0.15) is 0 Å². The van der Waals surface area contributed by atoms with Crippen LogP contribution in [-0.2, 0) is 17.8 Å². The first-order valence-corrected chi connectivity index (χ1v) is 9.79. The van der Waals surface area contributed by atoms with Crippen molar-refractivity contribution in [2.24, 2.45) is 5.92 Å². The summed E-state index contributed by atoms with van der Waals surface area (Å²) in [6.45, 7) is 2.74. The van der Waals surface area contributed by atoms with Crippen molar-refractivity contribution in [1.82, 2.24) is 4.90 Å². The molecule has 2 heterocycles. The lowest BCUT2D eigenvalue weighted by Crippen LogP contribution is -2.42. The van der Waals surface area contributed by atoms with E-state index in [-0.39, 0.29) is 0 Å². The van der Waals surface area contributed by atoms with E-state index in [1.165, 1.54) is 18.4 Å². The van der Waals surface area contributed by atoms with Gasteiger partial charge in [0.2, 0.25) is 0 Å².